The molecule has 0 saturated heterocycles. The second-order valence-corrected chi connectivity index (χ2v) is 3.06. The van der Waals surface area contributed by atoms with Crippen LogP contribution < -0.4 is 5.48 Å². The zero-order valence-electron chi connectivity index (χ0n) is 6.16. The van der Waals surface area contributed by atoms with E-state index in [4.69, 9.17) is 28.4 Å². The van der Waals surface area contributed by atoms with Gasteiger partial charge in [0, 0.05) is 5.56 Å². The third-order valence-electron chi connectivity index (χ3n) is 1.50. The highest BCUT2D eigenvalue weighted by atomic mass is 35.5. The van der Waals surface area contributed by atoms with Crippen LogP contribution >= 0.6 is 23.2 Å². The molecule has 0 radical (unpaired) electrons. The van der Waals surface area contributed by atoms with Gasteiger partial charge in [-0.3, -0.25) is 10.7 Å². The first-order valence-electron chi connectivity index (χ1n) is 3.12. The quantitative estimate of drug-likeness (QED) is 0.550. The van der Waals surface area contributed by atoms with E-state index in [1.807, 2.05) is 0 Å². The van der Waals surface area contributed by atoms with Gasteiger partial charge in [0.1, 0.15) is 0 Å². The van der Waals surface area contributed by atoms with Crippen LogP contribution in [0.3, 0.4) is 0 Å². The van der Waals surface area contributed by atoms with Crippen molar-refractivity contribution in [3.8, 4) is 0 Å². The van der Waals surface area contributed by atoms with Gasteiger partial charge in [-0.15, -0.1) is 0 Å². The predicted molar refractivity (Wildman–Crippen MR) is 46.6 cm³/mol. The number of halogens is 3. The maximum absolute atomic E-state index is 13.1. The molecule has 1 aromatic carbocycles. The van der Waals surface area contributed by atoms with Crippen LogP contribution in [0.25, 0.3) is 0 Å². The topological polar surface area (TPSA) is 32.3 Å². The molecular formula is C7H6Cl2FNO. The number of nitrogens with one attached hydrogen (secondary N) is 1. The van der Waals surface area contributed by atoms with Crippen LogP contribution in [0.4, 0.5) is 10.1 Å². The molecule has 0 amide bonds. The van der Waals surface area contributed by atoms with E-state index in [1.165, 1.54) is 13.0 Å². The van der Waals surface area contributed by atoms with Crippen LogP contribution in [-0.4, -0.2) is 5.21 Å². The summed E-state index contributed by atoms with van der Waals surface area (Å²) >= 11 is 11.3. The van der Waals surface area contributed by atoms with E-state index >= 15 is 0 Å². The summed E-state index contributed by atoms with van der Waals surface area (Å²) in [5.74, 6) is -0.605. The van der Waals surface area contributed by atoms with E-state index in [-0.39, 0.29) is 21.3 Å². The molecule has 5 heteroatoms. The molecule has 0 unspecified atom stereocenters. The molecule has 0 atom stereocenters. The summed E-state index contributed by atoms with van der Waals surface area (Å²) in [4.78, 5) is 0. The summed E-state index contributed by atoms with van der Waals surface area (Å²) < 4.78 is 13.1. The Bertz CT molecular complexity index is 317. The zero-order valence-corrected chi connectivity index (χ0v) is 7.67. The van der Waals surface area contributed by atoms with Crippen molar-refractivity contribution in [3.63, 3.8) is 0 Å². The molecule has 12 heavy (non-hydrogen) atoms. The van der Waals surface area contributed by atoms with Gasteiger partial charge in [-0.1, -0.05) is 23.2 Å². The van der Waals surface area contributed by atoms with Crippen LogP contribution in [0, 0.1) is 12.7 Å². The first-order valence-corrected chi connectivity index (χ1v) is 3.87. The number of benzene rings is 1. The van der Waals surface area contributed by atoms with Crippen LogP contribution in [0.2, 0.25) is 10.0 Å². The Morgan fingerprint density at radius 2 is 2.08 bits per heavy atom. The Labute approximate surface area is 78.9 Å². The lowest BCUT2D eigenvalue weighted by Crippen LogP contribution is -1.96. The normalized spacial score (nSPS) is 10.1. The van der Waals surface area contributed by atoms with E-state index in [0.29, 0.717) is 0 Å². The van der Waals surface area contributed by atoms with Crippen molar-refractivity contribution in [3.05, 3.63) is 27.5 Å². The summed E-state index contributed by atoms with van der Waals surface area (Å²) in [6.45, 7) is 1.48. The first kappa shape index (κ1) is 9.58. The first-order chi connectivity index (χ1) is 5.57. The van der Waals surface area contributed by atoms with Crippen LogP contribution in [0.15, 0.2) is 6.07 Å². The largest absolute Gasteiger partial charge is 0.291 e. The Morgan fingerprint density at radius 3 is 2.58 bits per heavy atom. The molecule has 2 N–H and O–H groups in total. The third kappa shape index (κ3) is 1.48. The van der Waals surface area contributed by atoms with Crippen molar-refractivity contribution in [1.82, 2.24) is 0 Å². The highest BCUT2D eigenvalue weighted by Gasteiger charge is 2.11. The molecule has 0 spiro atoms. The molecule has 0 saturated carbocycles. The third-order valence-corrected chi connectivity index (χ3v) is 2.38. The Kier molecular flexibility index (Phi) is 2.77. The van der Waals surface area contributed by atoms with Crippen molar-refractivity contribution in [2.75, 3.05) is 5.48 Å². The summed E-state index contributed by atoms with van der Waals surface area (Å²) in [6.07, 6.45) is 0. The Morgan fingerprint density at radius 1 is 1.50 bits per heavy atom. The van der Waals surface area contributed by atoms with Gasteiger partial charge in [-0.2, -0.15) is 0 Å². The van der Waals surface area contributed by atoms with Crippen LogP contribution in [-0.2, 0) is 0 Å². The highest BCUT2D eigenvalue weighted by Crippen LogP contribution is 2.31. The molecule has 2 nitrogen and oxygen atoms in total. The zero-order chi connectivity index (χ0) is 9.30. The minimum absolute atomic E-state index is 0.0816. The highest BCUT2D eigenvalue weighted by molar-refractivity contribution is 6.42. The molecule has 1 rings (SSSR count). The maximum Gasteiger partial charge on any atom is 0.153 e. The fraction of sp³-hybridized carbons (Fsp3) is 0.143. The van der Waals surface area contributed by atoms with Crippen molar-refractivity contribution < 1.29 is 9.60 Å². The summed E-state index contributed by atoms with van der Waals surface area (Å²) in [7, 11) is 0. The lowest BCUT2D eigenvalue weighted by Gasteiger charge is -2.06. The number of hydrogen-bond donors (Lipinski definition) is 2. The molecule has 0 bridgehead atoms. The summed E-state index contributed by atoms with van der Waals surface area (Å²) in [5.41, 5.74) is 1.81. The van der Waals surface area contributed by atoms with Gasteiger partial charge in [0.15, 0.2) is 5.82 Å². The molecule has 0 fully saturated rings. The minimum atomic E-state index is -0.605. The van der Waals surface area contributed by atoms with E-state index in [9.17, 15) is 4.39 Å². The smallest absolute Gasteiger partial charge is 0.153 e. The SMILES string of the molecule is Cc1c(F)c(NO)cc(Cl)c1Cl. The van der Waals surface area contributed by atoms with Gasteiger partial charge in [-0.25, -0.2) is 4.39 Å². The van der Waals surface area contributed by atoms with Crippen molar-refractivity contribution in [1.29, 1.82) is 0 Å². The fourth-order valence-corrected chi connectivity index (χ4v) is 1.20. The standard InChI is InChI=1S/C7H6Cl2FNO/c1-3-6(9)4(8)2-5(11-12)7(3)10/h2,11-12H,1H3. The van der Waals surface area contributed by atoms with Crippen molar-refractivity contribution >= 4 is 28.9 Å². The van der Waals surface area contributed by atoms with Gasteiger partial charge in [0.2, 0.25) is 0 Å². The van der Waals surface area contributed by atoms with Crippen molar-refractivity contribution in [2.24, 2.45) is 0 Å². The van der Waals surface area contributed by atoms with Crippen molar-refractivity contribution in [2.45, 2.75) is 6.92 Å². The molecule has 0 aliphatic heterocycles. The summed E-state index contributed by atoms with van der Waals surface area (Å²) in [6, 6.07) is 1.21. The average molecular weight is 210 g/mol. The Hall–Kier alpha value is -0.510. The van der Waals surface area contributed by atoms with Gasteiger partial charge >= 0.3 is 0 Å². The second kappa shape index (κ2) is 3.47. The molecule has 0 aliphatic carbocycles. The minimum Gasteiger partial charge on any atom is -0.291 e. The van der Waals surface area contributed by atoms with Gasteiger partial charge in [-0.05, 0) is 13.0 Å². The van der Waals surface area contributed by atoms with E-state index in [2.05, 4.69) is 0 Å². The van der Waals surface area contributed by atoms with E-state index in [0.717, 1.165) is 0 Å². The van der Waals surface area contributed by atoms with Gasteiger partial charge < -0.3 is 0 Å². The number of rotatable bonds is 1. The summed E-state index contributed by atoms with van der Waals surface area (Å²) in [5, 5.41) is 8.83. The molecule has 0 heterocycles. The number of anilines is 1. The molecule has 0 aliphatic rings. The molecule has 1 aromatic rings. The molecule has 66 valence electrons. The second-order valence-electron chi connectivity index (χ2n) is 2.27. The van der Waals surface area contributed by atoms with Crippen LogP contribution in [0.5, 0.6) is 0 Å². The number of hydrogen-bond acceptors (Lipinski definition) is 2. The van der Waals surface area contributed by atoms with E-state index in [1.54, 1.807) is 5.48 Å². The van der Waals surface area contributed by atoms with Gasteiger partial charge in [0.25, 0.3) is 0 Å². The van der Waals surface area contributed by atoms with Crippen LogP contribution in [0.1, 0.15) is 5.56 Å². The monoisotopic (exact) mass is 209 g/mol. The molecule has 0 aromatic heterocycles. The molecular weight excluding hydrogens is 204 g/mol. The lowest BCUT2D eigenvalue weighted by atomic mass is 10.2. The lowest BCUT2D eigenvalue weighted by molar-refractivity contribution is 0.384. The Balaban J connectivity index is 3.39. The van der Waals surface area contributed by atoms with E-state index < -0.39 is 5.82 Å². The predicted octanol–water partition coefficient (Wildman–Crippen LogP) is 3.24. The van der Waals surface area contributed by atoms with Gasteiger partial charge in [0.05, 0.1) is 15.7 Å². The average Bonchev–Trinajstić information content (AvgIpc) is 2.08. The fourth-order valence-electron chi connectivity index (χ4n) is 0.812. The maximum atomic E-state index is 13.1.